The number of benzene rings is 2. The molecule has 1 aromatic heterocycles. The minimum atomic E-state index is -3.41. The summed E-state index contributed by atoms with van der Waals surface area (Å²) in [5.41, 5.74) is 1.86. The number of anilines is 1. The van der Waals surface area contributed by atoms with Crippen molar-refractivity contribution in [3.05, 3.63) is 60.0 Å². The van der Waals surface area contributed by atoms with Gasteiger partial charge in [-0.25, -0.2) is 13.4 Å². The van der Waals surface area contributed by atoms with E-state index in [1.165, 1.54) is 17.0 Å². The SMILES string of the molecule is CCS(=O)(=O)c1ccc2c(c1)N(Cc1nc(-c3ccccc3)oc1C)C(=O)CO2. The van der Waals surface area contributed by atoms with Gasteiger partial charge in [-0.1, -0.05) is 25.1 Å². The van der Waals surface area contributed by atoms with Gasteiger partial charge in [0.05, 0.1) is 22.9 Å². The molecule has 3 aromatic rings. The predicted octanol–water partition coefficient (Wildman–Crippen LogP) is 3.37. The lowest BCUT2D eigenvalue weighted by atomic mass is 10.2. The highest BCUT2D eigenvalue weighted by atomic mass is 32.2. The normalized spacial score (nSPS) is 13.9. The number of fused-ring (bicyclic) bond motifs is 1. The lowest BCUT2D eigenvalue weighted by Gasteiger charge is -2.29. The molecule has 1 amide bonds. The zero-order chi connectivity index (χ0) is 20.6. The van der Waals surface area contributed by atoms with Crippen LogP contribution in [-0.4, -0.2) is 31.7 Å². The summed E-state index contributed by atoms with van der Waals surface area (Å²) in [6.45, 7) is 3.42. The number of nitrogens with zero attached hydrogens (tertiary/aromatic N) is 2. The molecule has 4 rings (SSSR count). The number of hydrogen-bond donors (Lipinski definition) is 0. The standard InChI is InChI=1S/C21H20N2O5S/c1-3-29(25,26)16-9-10-19-18(11-16)23(20(24)13-27-19)12-17-14(2)28-21(22-17)15-7-5-4-6-8-15/h4-11H,3,12-13H2,1-2H3. The molecule has 7 nitrogen and oxygen atoms in total. The number of oxazole rings is 1. The molecule has 0 atom stereocenters. The van der Waals surface area contributed by atoms with Gasteiger partial charge < -0.3 is 9.15 Å². The number of aromatic nitrogens is 1. The maximum atomic E-state index is 12.6. The Balaban J connectivity index is 1.71. The third-order valence-corrected chi connectivity index (χ3v) is 6.57. The Morgan fingerprint density at radius 1 is 1.14 bits per heavy atom. The van der Waals surface area contributed by atoms with E-state index in [0.29, 0.717) is 28.8 Å². The molecule has 150 valence electrons. The highest BCUT2D eigenvalue weighted by Crippen LogP contribution is 2.36. The lowest BCUT2D eigenvalue weighted by Crippen LogP contribution is -2.38. The monoisotopic (exact) mass is 412 g/mol. The maximum Gasteiger partial charge on any atom is 0.265 e. The molecule has 0 fully saturated rings. The van der Waals surface area contributed by atoms with E-state index >= 15 is 0 Å². The molecule has 2 heterocycles. The largest absolute Gasteiger partial charge is 0.482 e. The highest BCUT2D eigenvalue weighted by molar-refractivity contribution is 7.91. The summed E-state index contributed by atoms with van der Waals surface area (Å²) in [6, 6.07) is 14.1. The number of rotatable bonds is 5. The summed E-state index contributed by atoms with van der Waals surface area (Å²) in [7, 11) is -3.41. The van der Waals surface area contributed by atoms with E-state index < -0.39 is 9.84 Å². The van der Waals surface area contributed by atoms with Crippen molar-refractivity contribution in [1.29, 1.82) is 0 Å². The summed E-state index contributed by atoms with van der Waals surface area (Å²) in [4.78, 5) is 18.8. The first-order valence-corrected chi connectivity index (χ1v) is 10.9. The molecular weight excluding hydrogens is 392 g/mol. The van der Waals surface area contributed by atoms with Gasteiger partial charge in [-0.3, -0.25) is 9.69 Å². The van der Waals surface area contributed by atoms with Crippen LogP contribution in [0.25, 0.3) is 11.5 Å². The van der Waals surface area contributed by atoms with Crippen molar-refractivity contribution in [1.82, 2.24) is 4.98 Å². The summed E-state index contributed by atoms with van der Waals surface area (Å²) < 4.78 is 35.8. The van der Waals surface area contributed by atoms with Gasteiger partial charge >= 0.3 is 0 Å². The second-order valence-electron chi connectivity index (χ2n) is 6.69. The van der Waals surface area contributed by atoms with Crippen LogP contribution in [0, 0.1) is 6.92 Å². The number of ether oxygens (including phenoxy) is 1. The first-order valence-electron chi connectivity index (χ1n) is 9.20. The third kappa shape index (κ3) is 3.63. The molecule has 0 saturated heterocycles. The molecule has 0 spiro atoms. The summed E-state index contributed by atoms with van der Waals surface area (Å²) in [5.74, 6) is 1.24. The fraction of sp³-hybridized carbons (Fsp3) is 0.238. The minimum absolute atomic E-state index is 0.0244. The van der Waals surface area contributed by atoms with Crippen LogP contribution in [-0.2, 0) is 21.2 Å². The molecular formula is C21H20N2O5S. The first kappa shape index (κ1) is 19.2. The first-order chi connectivity index (χ1) is 13.9. The molecule has 29 heavy (non-hydrogen) atoms. The Morgan fingerprint density at radius 2 is 1.90 bits per heavy atom. The van der Waals surface area contributed by atoms with Crippen molar-refractivity contribution >= 4 is 21.4 Å². The quantitative estimate of drug-likeness (QED) is 0.638. The summed E-state index contributed by atoms with van der Waals surface area (Å²) >= 11 is 0. The van der Waals surface area contributed by atoms with Gasteiger partial charge in [0, 0.05) is 5.56 Å². The zero-order valence-corrected chi connectivity index (χ0v) is 16.9. The lowest BCUT2D eigenvalue weighted by molar-refractivity contribution is -0.121. The zero-order valence-electron chi connectivity index (χ0n) is 16.1. The van der Waals surface area contributed by atoms with Crippen LogP contribution in [0.5, 0.6) is 5.75 Å². The summed E-state index contributed by atoms with van der Waals surface area (Å²) in [5, 5.41) is 0. The second kappa shape index (κ2) is 7.36. The fourth-order valence-electron chi connectivity index (χ4n) is 3.14. The predicted molar refractivity (Wildman–Crippen MR) is 108 cm³/mol. The highest BCUT2D eigenvalue weighted by Gasteiger charge is 2.29. The van der Waals surface area contributed by atoms with E-state index in [9.17, 15) is 13.2 Å². The smallest absolute Gasteiger partial charge is 0.265 e. The van der Waals surface area contributed by atoms with Crippen molar-refractivity contribution in [3.8, 4) is 17.2 Å². The molecule has 1 aliphatic rings. The molecule has 0 radical (unpaired) electrons. The van der Waals surface area contributed by atoms with E-state index in [2.05, 4.69) is 4.98 Å². The molecule has 0 saturated carbocycles. The van der Waals surface area contributed by atoms with E-state index in [0.717, 1.165) is 5.56 Å². The van der Waals surface area contributed by atoms with E-state index in [1.807, 2.05) is 30.3 Å². The molecule has 2 aromatic carbocycles. The van der Waals surface area contributed by atoms with Crippen LogP contribution in [0.3, 0.4) is 0 Å². The molecule has 0 bridgehead atoms. The third-order valence-electron chi connectivity index (χ3n) is 4.83. The maximum absolute atomic E-state index is 12.6. The Bertz CT molecular complexity index is 1170. The Kier molecular flexibility index (Phi) is 4.87. The Morgan fingerprint density at radius 3 is 2.62 bits per heavy atom. The number of carbonyl (C=O) groups excluding carboxylic acids is 1. The van der Waals surface area contributed by atoms with Crippen molar-refractivity contribution in [2.24, 2.45) is 0 Å². The van der Waals surface area contributed by atoms with E-state index in [-0.39, 0.29) is 29.7 Å². The second-order valence-corrected chi connectivity index (χ2v) is 8.97. The van der Waals surface area contributed by atoms with Crippen molar-refractivity contribution in [2.45, 2.75) is 25.3 Å². The van der Waals surface area contributed by atoms with Crippen LogP contribution in [0.4, 0.5) is 5.69 Å². The van der Waals surface area contributed by atoms with Gasteiger partial charge in [0.25, 0.3) is 5.91 Å². The van der Waals surface area contributed by atoms with Crippen molar-refractivity contribution in [3.63, 3.8) is 0 Å². The number of hydrogen-bond acceptors (Lipinski definition) is 6. The summed E-state index contributed by atoms with van der Waals surface area (Å²) in [6.07, 6.45) is 0. The number of carbonyl (C=O) groups is 1. The molecule has 8 heteroatoms. The van der Waals surface area contributed by atoms with Gasteiger partial charge in [0.2, 0.25) is 5.89 Å². The number of aryl methyl sites for hydroxylation is 1. The molecule has 0 aliphatic carbocycles. The van der Waals surface area contributed by atoms with E-state index in [1.54, 1.807) is 19.9 Å². The van der Waals surface area contributed by atoms with Crippen LogP contribution >= 0.6 is 0 Å². The van der Waals surface area contributed by atoms with Crippen LogP contribution < -0.4 is 9.64 Å². The van der Waals surface area contributed by atoms with Gasteiger partial charge in [-0.15, -0.1) is 0 Å². The van der Waals surface area contributed by atoms with E-state index in [4.69, 9.17) is 9.15 Å². The molecule has 0 unspecified atom stereocenters. The van der Waals surface area contributed by atoms with Crippen molar-refractivity contribution in [2.75, 3.05) is 17.3 Å². The average Bonchev–Trinajstić information content (AvgIpc) is 3.11. The number of amides is 1. The van der Waals surface area contributed by atoms with Gasteiger partial charge in [0.15, 0.2) is 16.4 Å². The fourth-order valence-corrected chi connectivity index (χ4v) is 4.04. The molecule has 1 aliphatic heterocycles. The Labute approximate surface area is 168 Å². The Hall–Kier alpha value is -3.13. The van der Waals surface area contributed by atoms with Crippen LogP contribution in [0.2, 0.25) is 0 Å². The molecule has 0 N–H and O–H groups in total. The van der Waals surface area contributed by atoms with Gasteiger partial charge in [-0.05, 0) is 37.3 Å². The van der Waals surface area contributed by atoms with Gasteiger partial charge in [0.1, 0.15) is 17.2 Å². The number of sulfone groups is 1. The minimum Gasteiger partial charge on any atom is -0.482 e. The van der Waals surface area contributed by atoms with Gasteiger partial charge in [-0.2, -0.15) is 0 Å². The van der Waals surface area contributed by atoms with Crippen molar-refractivity contribution < 1.29 is 22.4 Å². The average molecular weight is 412 g/mol. The topological polar surface area (TPSA) is 89.7 Å². The van der Waals surface area contributed by atoms with Crippen LogP contribution in [0.1, 0.15) is 18.4 Å². The van der Waals surface area contributed by atoms with Crippen LogP contribution in [0.15, 0.2) is 57.8 Å².